The first kappa shape index (κ1) is 13.6. The van der Waals surface area contributed by atoms with Crippen LogP contribution in [0.2, 0.25) is 0 Å². The second-order valence-corrected chi connectivity index (χ2v) is 5.02. The zero-order valence-corrected chi connectivity index (χ0v) is 10.5. The number of nitrogens with zero attached hydrogens (tertiary/aromatic N) is 3. The molecule has 1 fully saturated rings. The highest BCUT2D eigenvalue weighted by molar-refractivity contribution is 7.99. The van der Waals surface area contributed by atoms with Crippen molar-refractivity contribution in [2.75, 3.05) is 26.7 Å². The fraction of sp³-hybridized carbons (Fsp3) is 0.778. The van der Waals surface area contributed by atoms with Gasteiger partial charge < -0.3 is 9.84 Å². The summed E-state index contributed by atoms with van der Waals surface area (Å²) in [6, 6.07) is -0.0489. The van der Waals surface area contributed by atoms with Crippen molar-refractivity contribution in [1.82, 2.24) is 20.4 Å². The van der Waals surface area contributed by atoms with Gasteiger partial charge in [0.25, 0.3) is 0 Å². The Morgan fingerprint density at radius 2 is 2.33 bits per heavy atom. The fourth-order valence-corrected chi connectivity index (χ4v) is 2.10. The van der Waals surface area contributed by atoms with Crippen molar-refractivity contribution in [1.29, 1.82) is 0 Å². The monoisotopic (exact) mass is 282 g/mol. The lowest BCUT2D eigenvalue weighted by atomic mass is 10.2. The van der Waals surface area contributed by atoms with Gasteiger partial charge in [-0.15, -0.1) is 0 Å². The predicted octanol–water partition coefficient (Wildman–Crippen LogP) is 1.40. The van der Waals surface area contributed by atoms with Gasteiger partial charge in [0.05, 0.1) is 11.8 Å². The van der Waals surface area contributed by atoms with Crippen LogP contribution in [0.5, 0.6) is 0 Å². The zero-order valence-electron chi connectivity index (χ0n) is 9.70. The lowest BCUT2D eigenvalue weighted by molar-refractivity contribution is -0.0330. The summed E-state index contributed by atoms with van der Waals surface area (Å²) in [5.41, 5.74) is -4.28. The number of thioether (sulfide) groups is 1. The van der Waals surface area contributed by atoms with E-state index in [2.05, 4.69) is 15.5 Å². The molecule has 2 heterocycles. The van der Waals surface area contributed by atoms with E-state index in [0.717, 1.165) is 13.1 Å². The number of piperazine rings is 1. The van der Waals surface area contributed by atoms with Crippen LogP contribution in [0.1, 0.15) is 17.8 Å². The lowest BCUT2D eigenvalue weighted by Gasteiger charge is -2.30. The fourth-order valence-electron chi connectivity index (χ4n) is 1.70. The van der Waals surface area contributed by atoms with E-state index in [1.807, 2.05) is 11.9 Å². The van der Waals surface area contributed by atoms with Gasteiger partial charge in [0.1, 0.15) is 0 Å². The molecule has 1 saturated heterocycles. The van der Waals surface area contributed by atoms with Crippen LogP contribution in [0, 0.1) is 0 Å². The van der Waals surface area contributed by atoms with Crippen LogP contribution in [0.3, 0.4) is 0 Å². The third-order valence-corrected chi connectivity index (χ3v) is 3.37. The van der Waals surface area contributed by atoms with E-state index in [4.69, 9.17) is 4.52 Å². The first-order valence-corrected chi connectivity index (χ1v) is 6.38. The first-order chi connectivity index (χ1) is 8.46. The van der Waals surface area contributed by atoms with Gasteiger partial charge in [-0.25, -0.2) is 0 Å². The Morgan fingerprint density at radius 1 is 1.56 bits per heavy atom. The highest BCUT2D eigenvalue weighted by Gasteiger charge is 2.30. The maximum Gasteiger partial charge on any atom is 0.442 e. The molecule has 0 bridgehead atoms. The molecular formula is C9H13F3N4OS. The van der Waals surface area contributed by atoms with Crippen molar-refractivity contribution < 1.29 is 17.7 Å². The van der Waals surface area contributed by atoms with E-state index in [9.17, 15) is 13.2 Å². The third kappa shape index (κ3) is 3.59. The molecule has 1 N–H and O–H groups in total. The van der Waals surface area contributed by atoms with Crippen molar-refractivity contribution >= 4 is 11.8 Å². The number of alkyl halides is 3. The van der Waals surface area contributed by atoms with Crippen molar-refractivity contribution in [2.24, 2.45) is 0 Å². The molecule has 0 saturated carbocycles. The summed E-state index contributed by atoms with van der Waals surface area (Å²) in [6.07, 6.45) is 0. The Hall–Kier alpha value is -0.800. The van der Waals surface area contributed by atoms with Gasteiger partial charge in [0, 0.05) is 19.6 Å². The molecule has 1 aliphatic rings. The second kappa shape index (κ2) is 5.45. The number of rotatable bonds is 3. The maximum absolute atomic E-state index is 12.0. The number of hydrogen-bond donors (Lipinski definition) is 1. The quantitative estimate of drug-likeness (QED) is 0.904. The van der Waals surface area contributed by atoms with E-state index < -0.39 is 5.51 Å². The van der Waals surface area contributed by atoms with Gasteiger partial charge in [-0.1, -0.05) is 5.16 Å². The van der Waals surface area contributed by atoms with Crippen LogP contribution in [-0.2, 0) is 5.75 Å². The number of aromatic nitrogens is 2. The van der Waals surface area contributed by atoms with Crippen molar-refractivity contribution in [3.05, 3.63) is 11.7 Å². The molecule has 2 rings (SSSR count). The molecule has 0 spiro atoms. The van der Waals surface area contributed by atoms with Crippen molar-refractivity contribution in [2.45, 2.75) is 17.3 Å². The standard InChI is InChI=1S/C9H13F3N4OS/c1-16-3-2-13-4-6(16)8-14-7(17-15-8)5-18-9(10,11)12/h6,13H,2-5H2,1H3. The van der Waals surface area contributed by atoms with Gasteiger partial charge in [0.15, 0.2) is 5.82 Å². The molecule has 0 amide bonds. The summed E-state index contributed by atoms with van der Waals surface area (Å²) in [7, 11) is 1.92. The smallest absolute Gasteiger partial charge is 0.338 e. The summed E-state index contributed by atoms with van der Waals surface area (Å²) in [6.45, 7) is 2.38. The molecule has 1 aliphatic heterocycles. The predicted molar refractivity (Wildman–Crippen MR) is 59.9 cm³/mol. The van der Waals surface area contributed by atoms with Crippen molar-refractivity contribution in [3.63, 3.8) is 0 Å². The summed E-state index contributed by atoms with van der Waals surface area (Å²) in [5.74, 6) is 0.0918. The van der Waals surface area contributed by atoms with Gasteiger partial charge in [-0.3, -0.25) is 4.90 Å². The van der Waals surface area contributed by atoms with Gasteiger partial charge >= 0.3 is 5.51 Å². The molecule has 9 heteroatoms. The molecule has 0 aromatic carbocycles. The summed E-state index contributed by atoms with van der Waals surface area (Å²) in [4.78, 5) is 6.05. The largest absolute Gasteiger partial charge is 0.442 e. The molecule has 18 heavy (non-hydrogen) atoms. The van der Waals surface area contributed by atoms with E-state index in [-0.39, 0.29) is 29.4 Å². The summed E-state index contributed by atoms with van der Waals surface area (Å²) >= 11 is -0.178. The van der Waals surface area contributed by atoms with E-state index in [1.54, 1.807) is 0 Å². The normalized spacial score (nSPS) is 22.3. The van der Waals surface area contributed by atoms with Crippen LogP contribution in [0.15, 0.2) is 4.52 Å². The van der Waals surface area contributed by atoms with Gasteiger partial charge in [-0.05, 0) is 18.8 Å². The number of nitrogens with one attached hydrogen (secondary N) is 1. The molecule has 0 radical (unpaired) electrons. The minimum absolute atomic E-state index is 0.00583. The van der Waals surface area contributed by atoms with Gasteiger partial charge in [-0.2, -0.15) is 18.2 Å². The highest BCUT2D eigenvalue weighted by Crippen LogP contribution is 2.32. The minimum atomic E-state index is -4.28. The Morgan fingerprint density at radius 3 is 3.00 bits per heavy atom. The van der Waals surface area contributed by atoms with Crippen LogP contribution in [0.25, 0.3) is 0 Å². The summed E-state index contributed by atoms with van der Waals surface area (Å²) < 4.78 is 40.9. The molecular weight excluding hydrogens is 269 g/mol. The first-order valence-electron chi connectivity index (χ1n) is 5.40. The summed E-state index contributed by atoms with van der Waals surface area (Å²) in [5, 5.41) is 6.92. The van der Waals surface area contributed by atoms with Crippen LogP contribution in [0.4, 0.5) is 13.2 Å². The highest BCUT2D eigenvalue weighted by atomic mass is 32.2. The number of likely N-dealkylation sites (N-methyl/N-ethyl adjacent to an activating group) is 1. The van der Waals surface area contributed by atoms with E-state index >= 15 is 0 Å². The zero-order chi connectivity index (χ0) is 13.2. The molecule has 102 valence electrons. The third-order valence-electron chi connectivity index (χ3n) is 2.65. The Labute approximate surface area is 106 Å². The number of hydrogen-bond acceptors (Lipinski definition) is 6. The van der Waals surface area contributed by atoms with Crippen LogP contribution >= 0.6 is 11.8 Å². The lowest BCUT2D eigenvalue weighted by Crippen LogP contribution is -2.44. The average Bonchev–Trinajstić information content (AvgIpc) is 2.75. The molecule has 1 unspecified atom stereocenters. The SMILES string of the molecule is CN1CCNCC1c1noc(CSC(F)(F)F)n1. The maximum atomic E-state index is 12.0. The molecule has 1 aromatic rings. The van der Waals surface area contributed by atoms with E-state index in [1.165, 1.54) is 0 Å². The van der Waals surface area contributed by atoms with Gasteiger partial charge in [0.2, 0.25) is 5.89 Å². The molecule has 0 aliphatic carbocycles. The second-order valence-electron chi connectivity index (χ2n) is 3.98. The minimum Gasteiger partial charge on any atom is -0.338 e. The van der Waals surface area contributed by atoms with Crippen LogP contribution < -0.4 is 5.32 Å². The Balaban J connectivity index is 1.97. The number of halogens is 3. The topological polar surface area (TPSA) is 54.2 Å². The van der Waals surface area contributed by atoms with E-state index in [0.29, 0.717) is 12.4 Å². The van der Waals surface area contributed by atoms with Crippen molar-refractivity contribution in [3.8, 4) is 0 Å². The molecule has 1 atom stereocenters. The molecule has 1 aromatic heterocycles. The van der Waals surface area contributed by atoms with Crippen LogP contribution in [-0.4, -0.2) is 47.2 Å². The Bertz CT molecular complexity index is 397. The molecule has 5 nitrogen and oxygen atoms in total. The Kier molecular flexibility index (Phi) is 4.13. The average molecular weight is 282 g/mol.